The number of ketones is 1. The highest BCUT2D eigenvalue weighted by Crippen LogP contribution is 2.14. The Balaban J connectivity index is 0. The molecule has 0 saturated heterocycles. The van der Waals surface area contributed by atoms with Crippen molar-refractivity contribution in [2.45, 2.75) is 47.5 Å². The van der Waals surface area contributed by atoms with Crippen LogP contribution in [0.4, 0.5) is 0 Å². The predicted octanol–water partition coefficient (Wildman–Crippen LogP) is 3.96. The molecule has 0 radical (unpaired) electrons. The highest BCUT2D eigenvalue weighted by molar-refractivity contribution is 6.13. The Labute approximate surface area is 140 Å². The van der Waals surface area contributed by atoms with Gasteiger partial charge in [0.1, 0.15) is 6.29 Å². The topological polar surface area (TPSA) is 63.2 Å². The van der Waals surface area contributed by atoms with E-state index in [4.69, 9.17) is 4.79 Å². The van der Waals surface area contributed by atoms with E-state index in [1.807, 2.05) is 25.1 Å². The standard InChI is InChI=1S/C14H17NO2.C3H8.C2H4O/c1-4-12(14(17)15-3)10(2)13(16)11-8-6-5-7-9-11;1-3-2;1-2-3/h5-9H,4H2,1-3H3,(H,15,17);3H2,1-2H3;2H,1H3/b12-10+;;. The average molecular weight is 319 g/mol. The maximum Gasteiger partial charge on any atom is 0.247 e. The second-order valence-electron chi connectivity index (χ2n) is 4.67. The normalized spacial score (nSPS) is 10.0. The Morgan fingerprint density at radius 2 is 1.52 bits per heavy atom. The molecule has 0 saturated carbocycles. The molecule has 0 aliphatic heterocycles. The number of likely N-dealkylation sites (N-methyl/N-ethyl adjacent to an activating group) is 1. The lowest BCUT2D eigenvalue weighted by Crippen LogP contribution is -2.22. The molecule has 0 aromatic heterocycles. The largest absolute Gasteiger partial charge is 0.355 e. The molecule has 128 valence electrons. The quantitative estimate of drug-likeness (QED) is 0.519. The number of allylic oxidation sites excluding steroid dienone is 1. The van der Waals surface area contributed by atoms with Crippen LogP contribution in [0.15, 0.2) is 41.5 Å². The van der Waals surface area contributed by atoms with E-state index >= 15 is 0 Å². The molecule has 1 aromatic rings. The predicted molar refractivity (Wildman–Crippen MR) is 95.5 cm³/mol. The van der Waals surface area contributed by atoms with Gasteiger partial charge in [-0.25, -0.2) is 0 Å². The summed E-state index contributed by atoms with van der Waals surface area (Å²) in [6.07, 6.45) is 2.55. The highest BCUT2D eigenvalue weighted by atomic mass is 16.2. The number of hydrogen-bond acceptors (Lipinski definition) is 3. The lowest BCUT2D eigenvalue weighted by molar-refractivity contribution is -0.117. The summed E-state index contributed by atoms with van der Waals surface area (Å²) in [5.41, 5.74) is 1.67. The fraction of sp³-hybridized carbons (Fsp3) is 0.421. The van der Waals surface area contributed by atoms with E-state index in [1.165, 1.54) is 13.3 Å². The van der Waals surface area contributed by atoms with Crippen molar-refractivity contribution in [1.29, 1.82) is 0 Å². The molecule has 1 amide bonds. The van der Waals surface area contributed by atoms with Crippen molar-refractivity contribution < 1.29 is 14.4 Å². The van der Waals surface area contributed by atoms with Gasteiger partial charge in [-0.3, -0.25) is 9.59 Å². The molecule has 0 fully saturated rings. The SMILES string of the molecule is CC/C(C(=O)NC)=C(/C)C(=O)c1ccccc1.CC=O.CCC. The Morgan fingerprint density at radius 1 is 1.09 bits per heavy atom. The maximum atomic E-state index is 12.1. The number of amides is 1. The Kier molecular flexibility index (Phi) is 14.7. The fourth-order valence-corrected chi connectivity index (χ4v) is 1.69. The highest BCUT2D eigenvalue weighted by Gasteiger charge is 2.15. The average Bonchev–Trinajstić information content (AvgIpc) is 2.56. The third kappa shape index (κ3) is 9.40. The van der Waals surface area contributed by atoms with Crippen LogP contribution in [0.5, 0.6) is 0 Å². The fourth-order valence-electron chi connectivity index (χ4n) is 1.69. The van der Waals surface area contributed by atoms with Gasteiger partial charge in [-0.1, -0.05) is 57.5 Å². The van der Waals surface area contributed by atoms with E-state index < -0.39 is 0 Å². The molecule has 0 aliphatic carbocycles. The van der Waals surface area contributed by atoms with Gasteiger partial charge in [0, 0.05) is 23.8 Å². The zero-order valence-electron chi connectivity index (χ0n) is 15.1. The van der Waals surface area contributed by atoms with Crippen LogP contribution < -0.4 is 5.32 Å². The van der Waals surface area contributed by atoms with Crippen LogP contribution in [0.3, 0.4) is 0 Å². The van der Waals surface area contributed by atoms with Gasteiger partial charge < -0.3 is 10.1 Å². The van der Waals surface area contributed by atoms with Crippen molar-refractivity contribution in [3.05, 3.63) is 47.0 Å². The van der Waals surface area contributed by atoms with Crippen LogP contribution in [0, 0.1) is 0 Å². The molecule has 1 rings (SSSR count). The van der Waals surface area contributed by atoms with Gasteiger partial charge in [-0.2, -0.15) is 0 Å². The second-order valence-corrected chi connectivity index (χ2v) is 4.67. The van der Waals surface area contributed by atoms with Crippen LogP contribution in [0.2, 0.25) is 0 Å². The summed E-state index contributed by atoms with van der Waals surface area (Å²) < 4.78 is 0. The molecular weight excluding hydrogens is 290 g/mol. The number of carbonyl (C=O) groups excluding carboxylic acids is 3. The molecule has 0 heterocycles. The summed E-state index contributed by atoms with van der Waals surface area (Å²) in [4.78, 5) is 32.5. The third-order valence-corrected chi connectivity index (χ3v) is 2.68. The Hall–Kier alpha value is -2.23. The molecule has 1 aromatic carbocycles. The van der Waals surface area contributed by atoms with Gasteiger partial charge in [-0.05, 0) is 20.3 Å². The first-order chi connectivity index (χ1) is 10.9. The summed E-state index contributed by atoms with van der Waals surface area (Å²) in [5.74, 6) is -0.277. The van der Waals surface area contributed by atoms with Crippen LogP contribution in [0.1, 0.15) is 57.8 Å². The lowest BCUT2D eigenvalue weighted by Gasteiger charge is -2.08. The third-order valence-electron chi connectivity index (χ3n) is 2.68. The first kappa shape index (κ1) is 23.0. The molecule has 23 heavy (non-hydrogen) atoms. The summed E-state index contributed by atoms with van der Waals surface area (Å²) in [7, 11) is 1.57. The van der Waals surface area contributed by atoms with E-state index in [0.29, 0.717) is 23.1 Å². The Bertz CT molecular complexity index is 505. The zero-order valence-corrected chi connectivity index (χ0v) is 15.1. The van der Waals surface area contributed by atoms with Crippen molar-refractivity contribution in [1.82, 2.24) is 5.32 Å². The van der Waals surface area contributed by atoms with Crippen molar-refractivity contribution >= 4 is 18.0 Å². The van der Waals surface area contributed by atoms with Crippen LogP contribution >= 0.6 is 0 Å². The van der Waals surface area contributed by atoms with E-state index in [2.05, 4.69) is 19.2 Å². The smallest absolute Gasteiger partial charge is 0.247 e. The van der Waals surface area contributed by atoms with Gasteiger partial charge in [0.25, 0.3) is 0 Å². The number of nitrogens with one attached hydrogen (secondary N) is 1. The van der Waals surface area contributed by atoms with Crippen LogP contribution in [-0.4, -0.2) is 25.0 Å². The van der Waals surface area contributed by atoms with Crippen LogP contribution in [-0.2, 0) is 9.59 Å². The van der Waals surface area contributed by atoms with Gasteiger partial charge in [-0.15, -0.1) is 0 Å². The molecule has 0 atom stereocenters. The molecule has 0 bridgehead atoms. The minimum Gasteiger partial charge on any atom is -0.355 e. The van der Waals surface area contributed by atoms with E-state index in [1.54, 1.807) is 26.1 Å². The minimum absolute atomic E-state index is 0.0916. The number of hydrogen-bond donors (Lipinski definition) is 1. The minimum atomic E-state index is -0.186. The van der Waals surface area contributed by atoms with E-state index in [9.17, 15) is 9.59 Å². The van der Waals surface area contributed by atoms with E-state index in [0.717, 1.165) is 6.29 Å². The van der Waals surface area contributed by atoms with Gasteiger partial charge in [0.2, 0.25) is 5.91 Å². The summed E-state index contributed by atoms with van der Waals surface area (Å²) in [6.45, 7) is 9.26. The first-order valence-electron chi connectivity index (χ1n) is 7.86. The molecule has 4 heteroatoms. The van der Waals surface area contributed by atoms with E-state index in [-0.39, 0.29) is 11.7 Å². The number of benzene rings is 1. The first-order valence-corrected chi connectivity index (χ1v) is 7.86. The number of rotatable bonds is 4. The Morgan fingerprint density at radius 3 is 1.87 bits per heavy atom. The lowest BCUT2D eigenvalue weighted by atomic mass is 9.98. The monoisotopic (exact) mass is 319 g/mol. The molecule has 4 nitrogen and oxygen atoms in total. The molecule has 1 N–H and O–H groups in total. The number of aldehydes is 1. The van der Waals surface area contributed by atoms with Crippen molar-refractivity contribution in [3.8, 4) is 0 Å². The number of carbonyl (C=O) groups is 3. The van der Waals surface area contributed by atoms with Crippen LogP contribution in [0.25, 0.3) is 0 Å². The summed E-state index contributed by atoms with van der Waals surface area (Å²) in [6, 6.07) is 8.99. The zero-order chi connectivity index (χ0) is 18.3. The van der Waals surface area contributed by atoms with Crippen molar-refractivity contribution in [3.63, 3.8) is 0 Å². The van der Waals surface area contributed by atoms with Crippen molar-refractivity contribution in [2.24, 2.45) is 0 Å². The maximum absolute atomic E-state index is 12.1. The second kappa shape index (κ2) is 14.7. The molecule has 0 aliphatic rings. The van der Waals surface area contributed by atoms with Crippen molar-refractivity contribution in [2.75, 3.05) is 7.05 Å². The summed E-state index contributed by atoms with van der Waals surface area (Å²) >= 11 is 0. The molecule has 0 unspecified atom stereocenters. The van der Waals surface area contributed by atoms with Gasteiger partial charge in [0.15, 0.2) is 5.78 Å². The van der Waals surface area contributed by atoms with Gasteiger partial charge in [0.05, 0.1) is 0 Å². The van der Waals surface area contributed by atoms with Gasteiger partial charge >= 0.3 is 0 Å². The number of Topliss-reactive ketones (excluding diaryl/α,β-unsaturated/α-hetero) is 1. The molecule has 0 spiro atoms. The molecular formula is C19H29NO3. The summed E-state index contributed by atoms with van der Waals surface area (Å²) in [5, 5.41) is 2.55.